The Balaban J connectivity index is 2.55. The van der Waals surface area contributed by atoms with Crippen LogP contribution in [0.5, 0.6) is 0 Å². The molecule has 0 aliphatic carbocycles. The Morgan fingerprint density at radius 1 is 1.22 bits per heavy atom. The summed E-state index contributed by atoms with van der Waals surface area (Å²) in [6.45, 7) is 8.34. The second kappa shape index (κ2) is 11.3. The monoisotopic (exact) mass is 443 g/mol. The fourth-order valence-corrected chi connectivity index (χ4v) is 3.21. The molecule has 4 N–H and O–H groups in total. The predicted molar refractivity (Wildman–Crippen MR) is 127 cm³/mol. The summed E-state index contributed by atoms with van der Waals surface area (Å²) >= 11 is 0. The third kappa shape index (κ3) is 6.09. The largest absolute Gasteiger partial charge is 0.383 e. The van der Waals surface area contributed by atoms with Gasteiger partial charge in [0.25, 0.3) is 11.5 Å². The summed E-state index contributed by atoms with van der Waals surface area (Å²) in [6, 6.07) is 6.53. The summed E-state index contributed by atoms with van der Waals surface area (Å²) in [4.78, 5) is 53.9. The van der Waals surface area contributed by atoms with Crippen LogP contribution in [-0.2, 0) is 11.3 Å². The lowest BCUT2D eigenvalue weighted by molar-refractivity contribution is -0.115. The van der Waals surface area contributed by atoms with E-state index in [0.29, 0.717) is 37.1 Å². The molecule has 0 radical (unpaired) electrons. The van der Waals surface area contributed by atoms with Crippen LogP contribution in [0, 0.1) is 5.92 Å². The number of nitrogens with one attached hydrogen (secondary N) is 2. The van der Waals surface area contributed by atoms with Crippen molar-refractivity contribution in [2.24, 2.45) is 5.92 Å². The molecular formula is C23H33N5O4. The van der Waals surface area contributed by atoms with E-state index < -0.39 is 17.2 Å². The maximum atomic E-state index is 13.5. The van der Waals surface area contributed by atoms with Crippen molar-refractivity contribution >= 4 is 29.0 Å². The van der Waals surface area contributed by atoms with Crippen molar-refractivity contribution in [2.45, 2.75) is 59.9 Å². The molecule has 32 heavy (non-hydrogen) atoms. The molecule has 0 spiro atoms. The summed E-state index contributed by atoms with van der Waals surface area (Å²) in [6.07, 6.45) is 2.48. The average molecular weight is 444 g/mol. The minimum atomic E-state index is -0.701. The molecule has 1 aromatic heterocycles. The number of benzene rings is 1. The molecule has 2 amide bonds. The van der Waals surface area contributed by atoms with Crippen LogP contribution in [0.4, 0.5) is 17.2 Å². The second-order valence-corrected chi connectivity index (χ2v) is 8.12. The number of nitrogens with two attached hydrogens (primary N) is 1. The zero-order valence-corrected chi connectivity index (χ0v) is 19.2. The average Bonchev–Trinajstić information content (AvgIpc) is 2.75. The van der Waals surface area contributed by atoms with Crippen LogP contribution in [0.1, 0.15) is 63.7 Å². The molecule has 0 bridgehead atoms. The van der Waals surface area contributed by atoms with E-state index in [1.165, 1.54) is 9.47 Å². The molecule has 0 aliphatic rings. The van der Waals surface area contributed by atoms with Gasteiger partial charge in [-0.1, -0.05) is 40.2 Å². The molecule has 0 fully saturated rings. The summed E-state index contributed by atoms with van der Waals surface area (Å²) in [5.41, 5.74) is 5.71. The topological polar surface area (TPSA) is 130 Å². The molecule has 174 valence electrons. The molecule has 2 aromatic rings. The Kier molecular flexibility index (Phi) is 8.80. The fraction of sp³-hybridized carbons (Fsp3) is 0.478. The molecular weight excluding hydrogens is 410 g/mol. The van der Waals surface area contributed by atoms with Crippen molar-refractivity contribution in [1.29, 1.82) is 0 Å². The van der Waals surface area contributed by atoms with Gasteiger partial charge in [-0.25, -0.2) is 4.79 Å². The lowest BCUT2D eigenvalue weighted by Crippen LogP contribution is -2.42. The van der Waals surface area contributed by atoms with Crippen molar-refractivity contribution in [3.05, 3.63) is 50.7 Å². The van der Waals surface area contributed by atoms with Gasteiger partial charge in [-0.3, -0.25) is 23.9 Å². The highest BCUT2D eigenvalue weighted by atomic mass is 16.2. The van der Waals surface area contributed by atoms with Gasteiger partial charge >= 0.3 is 5.69 Å². The summed E-state index contributed by atoms with van der Waals surface area (Å²) in [7, 11) is 0. The lowest BCUT2D eigenvalue weighted by Gasteiger charge is -2.25. The first-order chi connectivity index (χ1) is 15.2. The number of anilines is 3. The van der Waals surface area contributed by atoms with Gasteiger partial charge in [0.15, 0.2) is 5.69 Å². The quantitative estimate of drug-likeness (QED) is 0.520. The van der Waals surface area contributed by atoms with Crippen molar-refractivity contribution in [3.8, 4) is 0 Å². The highest BCUT2D eigenvalue weighted by molar-refractivity contribution is 6.08. The van der Waals surface area contributed by atoms with E-state index in [0.717, 1.165) is 6.42 Å². The molecule has 0 aliphatic heterocycles. The van der Waals surface area contributed by atoms with Crippen LogP contribution >= 0.6 is 0 Å². The number of H-pyrrole nitrogens is 1. The first-order valence-corrected chi connectivity index (χ1v) is 11.0. The normalized spacial score (nSPS) is 10.9. The number of aromatic amines is 1. The number of nitrogens with zero attached hydrogens (tertiary/aromatic N) is 2. The highest BCUT2D eigenvalue weighted by Crippen LogP contribution is 2.22. The Morgan fingerprint density at radius 2 is 1.94 bits per heavy atom. The number of unbranched alkanes of at least 4 members (excludes halogenated alkanes) is 1. The molecule has 2 rings (SSSR count). The lowest BCUT2D eigenvalue weighted by atomic mass is 10.1. The Bertz CT molecular complexity index is 1070. The van der Waals surface area contributed by atoms with Crippen LogP contribution in [0.3, 0.4) is 0 Å². The maximum Gasteiger partial charge on any atom is 0.330 e. The minimum absolute atomic E-state index is 0.0280. The van der Waals surface area contributed by atoms with Crippen molar-refractivity contribution in [1.82, 2.24) is 9.55 Å². The Morgan fingerprint density at radius 3 is 2.56 bits per heavy atom. The van der Waals surface area contributed by atoms with Gasteiger partial charge < -0.3 is 16.0 Å². The van der Waals surface area contributed by atoms with Crippen LogP contribution in [0.2, 0.25) is 0 Å². The van der Waals surface area contributed by atoms with E-state index in [1.54, 1.807) is 31.2 Å². The van der Waals surface area contributed by atoms with E-state index in [2.05, 4.69) is 10.3 Å². The first-order valence-electron chi connectivity index (χ1n) is 11.0. The van der Waals surface area contributed by atoms with E-state index in [-0.39, 0.29) is 29.9 Å². The third-order valence-corrected chi connectivity index (χ3v) is 5.11. The van der Waals surface area contributed by atoms with Crippen LogP contribution in [0.15, 0.2) is 33.9 Å². The van der Waals surface area contributed by atoms with Gasteiger partial charge in [0, 0.05) is 30.8 Å². The van der Waals surface area contributed by atoms with E-state index in [1.807, 2.05) is 20.8 Å². The molecule has 9 heteroatoms. The van der Waals surface area contributed by atoms with E-state index >= 15 is 0 Å². The number of hydrogen-bond donors (Lipinski definition) is 3. The SMILES string of the molecule is CCCCn1c(N)c(N(CCC(C)C)C(=O)c2cccc(NC(=O)CC)c2)c(=O)[nH]c1=O. The van der Waals surface area contributed by atoms with Crippen LogP contribution in [-0.4, -0.2) is 27.9 Å². The predicted octanol–water partition coefficient (Wildman–Crippen LogP) is 2.96. The molecule has 0 atom stereocenters. The van der Waals surface area contributed by atoms with Gasteiger partial charge in [0.2, 0.25) is 5.91 Å². The molecule has 1 aromatic carbocycles. The molecule has 9 nitrogen and oxygen atoms in total. The Hall–Kier alpha value is -3.36. The Labute approximate surface area is 187 Å². The first kappa shape index (κ1) is 24.9. The van der Waals surface area contributed by atoms with Crippen molar-refractivity contribution < 1.29 is 9.59 Å². The number of rotatable bonds is 10. The number of aromatic nitrogens is 2. The van der Waals surface area contributed by atoms with Gasteiger partial charge in [0.05, 0.1) is 0 Å². The van der Waals surface area contributed by atoms with Crippen LogP contribution < -0.4 is 27.2 Å². The fourth-order valence-electron chi connectivity index (χ4n) is 3.21. The van der Waals surface area contributed by atoms with Gasteiger partial charge in [-0.15, -0.1) is 0 Å². The zero-order chi connectivity index (χ0) is 23.8. The number of carbonyl (C=O) groups excluding carboxylic acids is 2. The summed E-state index contributed by atoms with van der Waals surface area (Å²) in [5, 5.41) is 2.73. The van der Waals surface area contributed by atoms with Gasteiger partial charge in [-0.2, -0.15) is 0 Å². The van der Waals surface area contributed by atoms with E-state index in [9.17, 15) is 19.2 Å². The summed E-state index contributed by atoms with van der Waals surface area (Å²) in [5.74, 6) is -0.363. The summed E-state index contributed by atoms with van der Waals surface area (Å²) < 4.78 is 1.30. The van der Waals surface area contributed by atoms with Crippen LogP contribution in [0.25, 0.3) is 0 Å². The highest BCUT2D eigenvalue weighted by Gasteiger charge is 2.25. The second-order valence-electron chi connectivity index (χ2n) is 8.12. The van der Waals surface area contributed by atoms with Gasteiger partial charge in [0.1, 0.15) is 5.82 Å². The maximum absolute atomic E-state index is 13.5. The third-order valence-electron chi connectivity index (χ3n) is 5.11. The zero-order valence-electron chi connectivity index (χ0n) is 19.2. The number of carbonyl (C=O) groups is 2. The molecule has 0 saturated carbocycles. The molecule has 0 saturated heterocycles. The smallest absolute Gasteiger partial charge is 0.330 e. The van der Waals surface area contributed by atoms with Crippen molar-refractivity contribution in [3.63, 3.8) is 0 Å². The minimum Gasteiger partial charge on any atom is -0.383 e. The number of hydrogen-bond acceptors (Lipinski definition) is 5. The van der Waals surface area contributed by atoms with Gasteiger partial charge in [-0.05, 0) is 37.0 Å². The molecule has 0 unspecified atom stereocenters. The standard InChI is InChI=1S/C23H33N5O4/c1-5-7-12-28-20(24)19(21(30)26-23(28)32)27(13-11-15(3)4)22(31)16-9-8-10-17(14-16)25-18(29)6-2/h8-10,14-15H,5-7,11-13,24H2,1-4H3,(H,25,29)(H,26,30,32). The van der Waals surface area contributed by atoms with Crippen molar-refractivity contribution in [2.75, 3.05) is 22.5 Å². The molecule has 1 heterocycles. The van der Waals surface area contributed by atoms with E-state index in [4.69, 9.17) is 5.73 Å². The number of nitrogen functional groups attached to an aromatic ring is 1. The number of amides is 2.